The van der Waals surface area contributed by atoms with Crippen LogP contribution in [-0.4, -0.2) is 45.7 Å². The van der Waals surface area contributed by atoms with E-state index < -0.39 is 22.0 Å². The first kappa shape index (κ1) is 22.6. The third-order valence-electron chi connectivity index (χ3n) is 4.62. The molecular formula is C18H23ClN2O5S2. The summed E-state index contributed by atoms with van der Waals surface area (Å²) in [5.74, 6) is -0.645. The van der Waals surface area contributed by atoms with Crippen LogP contribution in [0.25, 0.3) is 10.4 Å². The van der Waals surface area contributed by atoms with Crippen LogP contribution < -0.4 is 14.8 Å². The van der Waals surface area contributed by atoms with Gasteiger partial charge in [-0.15, -0.1) is 23.7 Å². The minimum atomic E-state index is -3.91. The largest absolute Gasteiger partial charge is 0.497 e. The fourth-order valence-corrected chi connectivity index (χ4v) is 5.71. The number of hydrogen-bond acceptors (Lipinski definition) is 6. The van der Waals surface area contributed by atoms with Crippen LogP contribution in [0.2, 0.25) is 0 Å². The summed E-state index contributed by atoms with van der Waals surface area (Å²) in [5, 5.41) is 12.7. The summed E-state index contributed by atoms with van der Waals surface area (Å²) in [7, 11) is -2.33. The summed E-state index contributed by atoms with van der Waals surface area (Å²) >= 11 is 1.11. The van der Waals surface area contributed by atoms with E-state index in [-0.39, 0.29) is 22.5 Å². The van der Waals surface area contributed by atoms with E-state index in [9.17, 15) is 18.3 Å². The first-order valence-corrected chi connectivity index (χ1v) is 10.9. The van der Waals surface area contributed by atoms with E-state index in [1.165, 1.54) is 6.07 Å². The van der Waals surface area contributed by atoms with Crippen LogP contribution in [0.1, 0.15) is 12.8 Å². The molecule has 0 bridgehead atoms. The molecule has 10 heteroatoms. The Hall–Kier alpha value is -1.65. The van der Waals surface area contributed by atoms with Crippen molar-refractivity contribution in [2.75, 3.05) is 20.2 Å². The summed E-state index contributed by atoms with van der Waals surface area (Å²) in [6.45, 7) is 1.38. The maximum absolute atomic E-state index is 12.7. The maximum atomic E-state index is 12.7. The second-order valence-corrected chi connectivity index (χ2v) is 9.40. The molecule has 2 aromatic rings. The molecule has 0 aliphatic carbocycles. The van der Waals surface area contributed by atoms with Gasteiger partial charge in [0.15, 0.2) is 0 Å². The highest BCUT2D eigenvalue weighted by molar-refractivity contribution is 7.91. The highest BCUT2D eigenvalue weighted by atomic mass is 35.5. The van der Waals surface area contributed by atoms with Crippen molar-refractivity contribution >= 4 is 39.7 Å². The molecule has 1 aliphatic heterocycles. The molecular weight excluding hydrogens is 424 g/mol. The number of aliphatic carboxylic acids is 1. The van der Waals surface area contributed by atoms with Gasteiger partial charge in [0, 0.05) is 4.88 Å². The van der Waals surface area contributed by atoms with Gasteiger partial charge in [0.25, 0.3) is 10.0 Å². The van der Waals surface area contributed by atoms with Crippen molar-refractivity contribution in [3.8, 4) is 16.2 Å². The van der Waals surface area contributed by atoms with E-state index in [2.05, 4.69) is 10.0 Å². The average molecular weight is 447 g/mol. The van der Waals surface area contributed by atoms with Gasteiger partial charge in [0.2, 0.25) is 0 Å². The maximum Gasteiger partial charge on any atom is 0.322 e. The zero-order chi connectivity index (χ0) is 19.4. The predicted octanol–water partition coefficient (Wildman–Crippen LogP) is 2.58. The van der Waals surface area contributed by atoms with Crippen LogP contribution >= 0.6 is 23.7 Å². The number of rotatable bonds is 7. The lowest BCUT2D eigenvalue weighted by Crippen LogP contribution is -2.48. The van der Waals surface area contributed by atoms with Crippen LogP contribution in [0.15, 0.2) is 40.6 Å². The molecule has 2 heterocycles. The lowest BCUT2D eigenvalue weighted by Gasteiger charge is -2.28. The Morgan fingerprint density at radius 2 is 1.86 bits per heavy atom. The smallest absolute Gasteiger partial charge is 0.322 e. The van der Waals surface area contributed by atoms with E-state index >= 15 is 0 Å². The quantitative estimate of drug-likeness (QED) is 0.603. The van der Waals surface area contributed by atoms with Crippen LogP contribution in [-0.2, 0) is 14.8 Å². The molecule has 28 heavy (non-hydrogen) atoms. The van der Waals surface area contributed by atoms with Crippen molar-refractivity contribution in [1.82, 2.24) is 10.0 Å². The van der Waals surface area contributed by atoms with E-state index in [0.717, 1.165) is 27.5 Å². The molecule has 1 aromatic carbocycles. The van der Waals surface area contributed by atoms with Crippen molar-refractivity contribution in [1.29, 1.82) is 0 Å². The highest BCUT2D eigenvalue weighted by Crippen LogP contribution is 2.32. The number of nitrogens with one attached hydrogen (secondary N) is 2. The van der Waals surface area contributed by atoms with Crippen LogP contribution in [0.3, 0.4) is 0 Å². The molecule has 3 rings (SSSR count). The SMILES string of the molecule is COc1ccc(-c2ccc(S(=O)(=O)N[C@@H](C(=O)O)C3CCNCC3)s2)cc1.Cl. The van der Waals surface area contributed by atoms with Gasteiger partial charge in [0.1, 0.15) is 16.0 Å². The van der Waals surface area contributed by atoms with Crippen LogP contribution in [0, 0.1) is 5.92 Å². The van der Waals surface area contributed by atoms with Gasteiger partial charge in [-0.2, -0.15) is 4.72 Å². The Balaban J connectivity index is 0.00000280. The van der Waals surface area contributed by atoms with Gasteiger partial charge in [-0.1, -0.05) is 0 Å². The van der Waals surface area contributed by atoms with Crippen molar-refractivity contribution in [3.05, 3.63) is 36.4 Å². The molecule has 0 radical (unpaired) electrons. The van der Waals surface area contributed by atoms with Gasteiger partial charge < -0.3 is 15.2 Å². The second-order valence-electron chi connectivity index (χ2n) is 6.37. The van der Waals surface area contributed by atoms with E-state index in [1.54, 1.807) is 25.3 Å². The molecule has 1 aromatic heterocycles. The number of carbonyl (C=O) groups is 1. The zero-order valence-corrected chi connectivity index (χ0v) is 17.7. The fourth-order valence-electron chi connectivity index (χ4n) is 3.13. The molecule has 154 valence electrons. The molecule has 7 nitrogen and oxygen atoms in total. The Morgan fingerprint density at radius 3 is 2.43 bits per heavy atom. The van der Waals surface area contributed by atoms with Gasteiger partial charge in [-0.05, 0) is 73.8 Å². The number of methoxy groups -OCH3 is 1. The average Bonchev–Trinajstić information content (AvgIpc) is 3.18. The lowest BCUT2D eigenvalue weighted by atomic mass is 9.91. The Labute approximate surface area is 174 Å². The molecule has 0 saturated carbocycles. The number of piperidine rings is 1. The Morgan fingerprint density at radius 1 is 1.21 bits per heavy atom. The molecule has 1 fully saturated rings. The number of benzene rings is 1. The van der Waals surface area contributed by atoms with Crippen LogP contribution in [0.5, 0.6) is 5.75 Å². The Kier molecular flexibility index (Phi) is 7.85. The zero-order valence-electron chi connectivity index (χ0n) is 15.3. The summed E-state index contributed by atoms with van der Waals surface area (Å²) in [6, 6.07) is 9.42. The van der Waals surface area contributed by atoms with Gasteiger partial charge in [-0.25, -0.2) is 8.42 Å². The number of carboxylic acids is 1. The number of carboxylic acid groups (broad SMARTS) is 1. The standard InChI is InChI=1S/C18H22N2O5S2.ClH/c1-25-14-4-2-12(3-5-14)15-6-7-16(26-15)27(23,24)20-17(18(21)22)13-8-10-19-11-9-13;/h2-7,13,17,19-20H,8-11H2,1H3,(H,21,22);1H/t17-;/m1./s1. The number of hydrogen-bond donors (Lipinski definition) is 3. The summed E-state index contributed by atoms with van der Waals surface area (Å²) in [6.07, 6.45) is 1.25. The number of ether oxygens (including phenoxy) is 1. The van der Waals surface area contributed by atoms with Crippen molar-refractivity contribution in [2.45, 2.75) is 23.1 Å². The third kappa shape index (κ3) is 5.24. The topological polar surface area (TPSA) is 105 Å². The third-order valence-corrected chi connectivity index (χ3v) is 7.69. The van der Waals surface area contributed by atoms with Crippen molar-refractivity contribution in [3.63, 3.8) is 0 Å². The molecule has 1 saturated heterocycles. The highest BCUT2D eigenvalue weighted by Gasteiger charge is 2.34. The number of thiophene rings is 1. The van der Waals surface area contributed by atoms with Gasteiger partial charge >= 0.3 is 5.97 Å². The van der Waals surface area contributed by atoms with E-state index in [1.807, 2.05) is 12.1 Å². The van der Waals surface area contributed by atoms with Gasteiger partial charge in [-0.3, -0.25) is 4.79 Å². The van der Waals surface area contributed by atoms with Crippen molar-refractivity contribution in [2.24, 2.45) is 5.92 Å². The molecule has 1 atom stereocenters. The minimum Gasteiger partial charge on any atom is -0.497 e. The molecule has 3 N–H and O–H groups in total. The summed E-state index contributed by atoms with van der Waals surface area (Å²) in [5.41, 5.74) is 0.871. The Bertz CT molecular complexity index is 893. The predicted molar refractivity (Wildman–Crippen MR) is 111 cm³/mol. The first-order chi connectivity index (χ1) is 12.9. The molecule has 1 aliphatic rings. The lowest BCUT2D eigenvalue weighted by molar-refractivity contribution is -0.140. The van der Waals surface area contributed by atoms with E-state index in [0.29, 0.717) is 25.9 Å². The molecule has 0 amide bonds. The molecule has 0 spiro atoms. The van der Waals surface area contributed by atoms with E-state index in [4.69, 9.17) is 4.74 Å². The van der Waals surface area contributed by atoms with Gasteiger partial charge in [0.05, 0.1) is 7.11 Å². The summed E-state index contributed by atoms with van der Waals surface area (Å²) in [4.78, 5) is 12.4. The normalized spacial score (nSPS) is 16.2. The monoisotopic (exact) mass is 446 g/mol. The number of sulfonamides is 1. The fraction of sp³-hybridized carbons (Fsp3) is 0.389. The summed E-state index contributed by atoms with van der Waals surface area (Å²) < 4.78 is 33.1. The second kappa shape index (κ2) is 9.71. The number of halogens is 1. The molecule has 0 unspecified atom stereocenters. The van der Waals surface area contributed by atoms with Crippen LogP contribution in [0.4, 0.5) is 0 Å². The minimum absolute atomic E-state index is 0. The first-order valence-electron chi connectivity index (χ1n) is 8.61. The van der Waals surface area contributed by atoms with Crippen molar-refractivity contribution < 1.29 is 23.1 Å².